The molecule has 1 N–H and O–H groups in total. The smallest absolute Gasteiger partial charge is 0.339 e. The second-order valence-corrected chi connectivity index (χ2v) is 5.31. The third kappa shape index (κ3) is 3.32. The largest absolute Gasteiger partial charge is 0.465 e. The maximum Gasteiger partial charge on any atom is 0.339 e. The number of aromatic nitrogens is 1. The summed E-state index contributed by atoms with van der Waals surface area (Å²) in [6.07, 6.45) is 0. The van der Waals surface area contributed by atoms with E-state index in [4.69, 9.17) is 4.74 Å². The van der Waals surface area contributed by atoms with Gasteiger partial charge in [0.15, 0.2) is 0 Å². The molecule has 0 aliphatic heterocycles. The Morgan fingerprint density at radius 2 is 2.21 bits per heavy atom. The molecule has 0 saturated carbocycles. The Labute approximate surface area is 116 Å². The summed E-state index contributed by atoms with van der Waals surface area (Å²) in [4.78, 5) is 16.1. The van der Waals surface area contributed by atoms with Crippen molar-refractivity contribution >= 4 is 23.0 Å². The van der Waals surface area contributed by atoms with Crippen LogP contribution in [0.1, 0.15) is 26.6 Å². The van der Waals surface area contributed by atoms with Crippen molar-refractivity contribution in [1.29, 1.82) is 0 Å². The van der Waals surface area contributed by atoms with Crippen molar-refractivity contribution in [2.75, 3.05) is 12.4 Å². The number of methoxy groups -OCH3 is 1. The highest BCUT2D eigenvalue weighted by atomic mass is 32.1. The molecule has 1 heterocycles. The van der Waals surface area contributed by atoms with E-state index in [2.05, 4.69) is 10.3 Å². The number of benzene rings is 1. The lowest BCUT2D eigenvalue weighted by atomic mass is 10.1. The molecular weight excluding hydrogens is 260 g/mol. The Morgan fingerprint density at radius 1 is 1.42 bits per heavy atom. The van der Waals surface area contributed by atoms with Gasteiger partial charge in [-0.25, -0.2) is 9.78 Å². The normalized spacial score (nSPS) is 10.3. The summed E-state index contributed by atoms with van der Waals surface area (Å²) in [5, 5.41) is 6.27. The van der Waals surface area contributed by atoms with Crippen molar-refractivity contribution in [2.24, 2.45) is 0 Å². The molecular formula is C14H16N2O2S. The molecule has 0 saturated heterocycles. The van der Waals surface area contributed by atoms with E-state index in [1.807, 2.05) is 37.4 Å². The fourth-order valence-electron chi connectivity index (χ4n) is 1.77. The highest BCUT2D eigenvalue weighted by molar-refractivity contribution is 7.09. The van der Waals surface area contributed by atoms with Gasteiger partial charge in [0.25, 0.3) is 0 Å². The molecule has 0 aliphatic carbocycles. The molecule has 0 radical (unpaired) electrons. The highest BCUT2D eigenvalue weighted by Gasteiger charge is 2.12. The van der Waals surface area contributed by atoms with Gasteiger partial charge in [-0.15, -0.1) is 11.3 Å². The molecule has 1 aromatic heterocycles. The molecule has 0 bridgehead atoms. The molecule has 0 amide bonds. The zero-order valence-electron chi connectivity index (χ0n) is 11.2. The number of hydrogen-bond acceptors (Lipinski definition) is 5. The van der Waals surface area contributed by atoms with Crippen molar-refractivity contribution in [2.45, 2.75) is 20.4 Å². The predicted octanol–water partition coefficient (Wildman–Crippen LogP) is 3.16. The van der Waals surface area contributed by atoms with Crippen LogP contribution in [0.3, 0.4) is 0 Å². The number of anilines is 1. The first-order valence-electron chi connectivity index (χ1n) is 5.94. The lowest BCUT2D eigenvalue weighted by molar-refractivity contribution is 0.0601. The topological polar surface area (TPSA) is 51.2 Å². The molecule has 2 aromatic rings. The van der Waals surface area contributed by atoms with Crippen LogP contribution in [0.5, 0.6) is 0 Å². The summed E-state index contributed by atoms with van der Waals surface area (Å²) in [5.41, 5.74) is 3.31. The van der Waals surface area contributed by atoms with Crippen molar-refractivity contribution in [1.82, 2.24) is 4.98 Å². The van der Waals surface area contributed by atoms with Crippen LogP contribution in [0.15, 0.2) is 23.6 Å². The number of nitrogens with one attached hydrogen (secondary N) is 1. The van der Waals surface area contributed by atoms with Crippen molar-refractivity contribution < 1.29 is 9.53 Å². The van der Waals surface area contributed by atoms with Crippen molar-refractivity contribution in [3.05, 3.63) is 45.4 Å². The van der Waals surface area contributed by atoms with Crippen LogP contribution < -0.4 is 5.32 Å². The highest BCUT2D eigenvalue weighted by Crippen LogP contribution is 2.19. The summed E-state index contributed by atoms with van der Waals surface area (Å²) < 4.78 is 4.80. The molecule has 0 aliphatic rings. The Bertz CT molecular complexity index is 593. The Balaban J connectivity index is 2.17. The van der Waals surface area contributed by atoms with Crippen LogP contribution in [0, 0.1) is 13.8 Å². The monoisotopic (exact) mass is 276 g/mol. The van der Waals surface area contributed by atoms with Crippen LogP contribution in [-0.2, 0) is 11.3 Å². The second-order valence-electron chi connectivity index (χ2n) is 4.25. The molecule has 5 heteroatoms. The van der Waals surface area contributed by atoms with Crippen LogP contribution in [-0.4, -0.2) is 18.1 Å². The zero-order chi connectivity index (χ0) is 13.8. The zero-order valence-corrected chi connectivity index (χ0v) is 12.0. The van der Waals surface area contributed by atoms with Crippen molar-refractivity contribution in [3.8, 4) is 0 Å². The van der Waals surface area contributed by atoms with Gasteiger partial charge in [0.2, 0.25) is 0 Å². The fourth-order valence-corrected chi connectivity index (χ4v) is 2.38. The van der Waals surface area contributed by atoms with Crippen molar-refractivity contribution in [3.63, 3.8) is 0 Å². The summed E-state index contributed by atoms with van der Waals surface area (Å²) in [6, 6.07) is 5.67. The van der Waals surface area contributed by atoms with Gasteiger partial charge in [-0.05, 0) is 26.0 Å². The molecule has 19 heavy (non-hydrogen) atoms. The van der Waals surface area contributed by atoms with E-state index in [0.717, 1.165) is 22.0 Å². The number of aryl methyl sites for hydroxylation is 2. The van der Waals surface area contributed by atoms with E-state index in [1.54, 1.807) is 11.3 Å². The van der Waals surface area contributed by atoms with Gasteiger partial charge in [-0.2, -0.15) is 0 Å². The Hall–Kier alpha value is -1.88. The van der Waals surface area contributed by atoms with Gasteiger partial charge in [-0.1, -0.05) is 11.6 Å². The second kappa shape index (κ2) is 5.84. The number of carbonyl (C=O) groups excluding carboxylic acids is 1. The summed E-state index contributed by atoms with van der Waals surface area (Å²) in [5.74, 6) is -0.333. The quantitative estimate of drug-likeness (QED) is 0.872. The average Bonchev–Trinajstić information content (AvgIpc) is 2.82. The van der Waals surface area contributed by atoms with E-state index >= 15 is 0 Å². The molecule has 0 spiro atoms. The van der Waals surface area contributed by atoms with Gasteiger partial charge < -0.3 is 10.1 Å². The van der Waals surface area contributed by atoms with Gasteiger partial charge in [-0.3, -0.25) is 0 Å². The minimum absolute atomic E-state index is 0.333. The molecule has 0 atom stereocenters. The fraction of sp³-hybridized carbons (Fsp3) is 0.286. The number of thiazole rings is 1. The maximum absolute atomic E-state index is 11.7. The number of esters is 1. The van der Waals surface area contributed by atoms with E-state index in [9.17, 15) is 4.79 Å². The summed E-state index contributed by atoms with van der Waals surface area (Å²) in [6.45, 7) is 4.51. The first-order chi connectivity index (χ1) is 9.10. The first-order valence-corrected chi connectivity index (χ1v) is 6.82. The van der Waals surface area contributed by atoms with E-state index in [1.165, 1.54) is 7.11 Å². The minimum Gasteiger partial charge on any atom is -0.465 e. The summed E-state index contributed by atoms with van der Waals surface area (Å²) in [7, 11) is 1.39. The van der Waals surface area contributed by atoms with Gasteiger partial charge in [0.1, 0.15) is 0 Å². The minimum atomic E-state index is -0.333. The average molecular weight is 276 g/mol. The molecule has 1 aromatic carbocycles. The maximum atomic E-state index is 11.7. The number of carbonyl (C=O) groups is 1. The SMILES string of the molecule is COC(=O)c1cc(C)ccc1NCc1csc(C)n1. The molecule has 100 valence electrons. The van der Waals surface area contributed by atoms with Gasteiger partial charge in [0.05, 0.1) is 29.9 Å². The number of hydrogen-bond donors (Lipinski definition) is 1. The van der Waals surface area contributed by atoms with Crippen LogP contribution in [0.4, 0.5) is 5.69 Å². The molecule has 0 fully saturated rings. The molecule has 2 rings (SSSR count). The predicted molar refractivity (Wildman–Crippen MR) is 76.7 cm³/mol. The van der Waals surface area contributed by atoms with E-state index in [-0.39, 0.29) is 5.97 Å². The first kappa shape index (κ1) is 13.5. The van der Waals surface area contributed by atoms with Crippen LogP contribution >= 0.6 is 11.3 Å². The van der Waals surface area contributed by atoms with Crippen LogP contribution in [0.2, 0.25) is 0 Å². The Morgan fingerprint density at radius 3 is 2.84 bits per heavy atom. The standard InChI is InChI=1S/C14H16N2O2S/c1-9-4-5-13(12(6-9)14(17)18-3)15-7-11-8-19-10(2)16-11/h4-6,8,15H,7H2,1-3H3. The third-order valence-corrected chi connectivity index (χ3v) is 3.53. The lowest BCUT2D eigenvalue weighted by Gasteiger charge is -2.10. The van der Waals surface area contributed by atoms with E-state index in [0.29, 0.717) is 12.1 Å². The number of ether oxygens (including phenoxy) is 1. The van der Waals surface area contributed by atoms with Crippen LogP contribution in [0.25, 0.3) is 0 Å². The number of rotatable bonds is 4. The summed E-state index contributed by atoms with van der Waals surface area (Å²) >= 11 is 1.61. The molecule has 4 nitrogen and oxygen atoms in total. The third-order valence-electron chi connectivity index (χ3n) is 2.71. The van der Waals surface area contributed by atoms with E-state index < -0.39 is 0 Å². The lowest BCUT2D eigenvalue weighted by Crippen LogP contribution is -2.08. The van der Waals surface area contributed by atoms with Gasteiger partial charge in [0, 0.05) is 11.1 Å². The number of nitrogens with zero attached hydrogens (tertiary/aromatic N) is 1. The Kier molecular flexibility index (Phi) is 4.16. The molecule has 0 unspecified atom stereocenters. The van der Waals surface area contributed by atoms with Gasteiger partial charge >= 0.3 is 5.97 Å².